The Kier molecular flexibility index (Phi) is 5.61. The Morgan fingerprint density at radius 3 is 2.33 bits per heavy atom. The van der Waals surface area contributed by atoms with Gasteiger partial charge < -0.3 is 0 Å². The largest absolute Gasteiger partial charge is 0.0654 e. The Balaban J connectivity index is 3.79. The SMILES string of the molecule is [CH2]CCC(C)(C)C(C)CCCC. The van der Waals surface area contributed by atoms with Gasteiger partial charge in [0.1, 0.15) is 0 Å². The summed E-state index contributed by atoms with van der Waals surface area (Å²) in [5, 5.41) is 0. The number of hydrogen-bond acceptors (Lipinski definition) is 0. The lowest BCUT2D eigenvalue weighted by atomic mass is 9.74. The predicted octanol–water partition coefficient (Wildman–Crippen LogP) is 4.45. The molecule has 0 heterocycles. The Labute approximate surface area is 78.8 Å². The molecule has 0 N–H and O–H groups in total. The van der Waals surface area contributed by atoms with Crippen LogP contribution in [0.3, 0.4) is 0 Å². The fourth-order valence-electron chi connectivity index (χ4n) is 1.60. The quantitative estimate of drug-likeness (QED) is 0.551. The summed E-state index contributed by atoms with van der Waals surface area (Å²) in [6, 6.07) is 0. The first kappa shape index (κ1) is 12.0. The molecule has 0 aromatic carbocycles. The van der Waals surface area contributed by atoms with Gasteiger partial charge in [0.25, 0.3) is 0 Å². The fourth-order valence-corrected chi connectivity index (χ4v) is 1.60. The molecule has 0 aliphatic rings. The number of rotatable bonds is 6. The second kappa shape index (κ2) is 5.61. The maximum atomic E-state index is 3.93. The normalized spacial score (nSPS) is 14.8. The molecule has 0 nitrogen and oxygen atoms in total. The van der Waals surface area contributed by atoms with Gasteiger partial charge in [-0.25, -0.2) is 0 Å². The highest BCUT2D eigenvalue weighted by Crippen LogP contribution is 2.34. The van der Waals surface area contributed by atoms with Gasteiger partial charge in [-0.05, 0) is 17.8 Å². The lowest BCUT2D eigenvalue weighted by molar-refractivity contribution is 0.198. The molecule has 1 unspecified atom stereocenters. The van der Waals surface area contributed by atoms with Crippen molar-refractivity contribution in [1.82, 2.24) is 0 Å². The standard InChI is InChI=1S/C12H25/c1-6-8-9-11(3)12(4,5)10-7-2/h11H,2,6-10H2,1,3-5H3. The molecule has 0 spiro atoms. The molecule has 0 aromatic heterocycles. The van der Waals surface area contributed by atoms with Crippen molar-refractivity contribution in [2.75, 3.05) is 0 Å². The Hall–Kier alpha value is 0. The first-order chi connectivity index (χ1) is 5.54. The van der Waals surface area contributed by atoms with Crippen LogP contribution < -0.4 is 0 Å². The van der Waals surface area contributed by atoms with E-state index in [1.807, 2.05) is 0 Å². The lowest BCUT2D eigenvalue weighted by Crippen LogP contribution is -2.21. The van der Waals surface area contributed by atoms with Crippen LogP contribution in [0.5, 0.6) is 0 Å². The molecule has 0 rings (SSSR count). The summed E-state index contributed by atoms with van der Waals surface area (Å²) in [6.45, 7) is 13.3. The van der Waals surface area contributed by atoms with Crippen LogP contribution in [0.4, 0.5) is 0 Å². The van der Waals surface area contributed by atoms with Gasteiger partial charge in [-0.2, -0.15) is 0 Å². The highest BCUT2D eigenvalue weighted by molar-refractivity contribution is 4.75. The van der Waals surface area contributed by atoms with E-state index in [4.69, 9.17) is 0 Å². The van der Waals surface area contributed by atoms with Crippen molar-refractivity contribution >= 4 is 0 Å². The lowest BCUT2D eigenvalue weighted by Gasteiger charge is -2.31. The predicted molar refractivity (Wildman–Crippen MR) is 57.1 cm³/mol. The maximum Gasteiger partial charge on any atom is -0.0329 e. The smallest absolute Gasteiger partial charge is 0.0329 e. The van der Waals surface area contributed by atoms with Gasteiger partial charge in [0.15, 0.2) is 0 Å². The molecule has 1 atom stereocenters. The van der Waals surface area contributed by atoms with E-state index in [2.05, 4.69) is 34.6 Å². The average Bonchev–Trinajstić information content (AvgIpc) is 2.00. The van der Waals surface area contributed by atoms with Crippen LogP contribution in [0.25, 0.3) is 0 Å². The second-order valence-electron chi connectivity index (χ2n) is 4.64. The van der Waals surface area contributed by atoms with Crippen LogP contribution in [0.2, 0.25) is 0 Å². The molecular formula is C12H25. The van der Waals surface area contributed by atoms with Crippen molar-refractivity contribution in [3.05, 3.63) is 6.92 Å². The van der Waals surface area contributed by atoms with Crippen LogP contribution in [0.1, 0.15) is 59.8 Å². The van der Waals surface area contributed by atoms with Crippen molar-refractivity contribution in [3.8, 4) is 0 Å². The first-order valence-corrected chi connectivity index (χ1v) is 5.33. The van der Waals surface area contributed by atoms with Gasteiger partial charge in [-0.15, -0.1) is 0 Å². The summed E-state index contributed by atoms with van der Waals surface area (Å²) < 4.78 is 0. The zero-order chi connectivity index (χ0) is 9.61. The number of hydrogen-bond donors (Lipinski definition) is 0. The topological polar surface area (TPSA) is 0 Å². The van der Waals surface area contributed by atoms with E-state index in [9.17, 15) is 0 Å². The molecule has 1 radical (unpaired) electrons. The molecular weight excluding hydrogens is 144 g/mol. The monoisotopic (exact) mass is 169 g/mol. The molecule has 0 aromatic rings. The summed E-state index contributed by atoms with van der Waals surface area (Å²) in [5.74, 6) is 0.846. The van der Waals surface area contributed by atoms with Gasteiger partial charge in [-0.3, -0.25) is 0 Å². The van der Waals surface area contributed by atoms with Crippen molar-refractivity contribution < 1.29 is 0 Å². The van der Waals surface area contributed by atoms with E-state index in [0.717, 1.165) is 12.3 Å². The third-order valence-corrected chi connectivity index (χ3v) is 3.15. The highest BCUT2D eigenvalue weighted by atomic mass is 14.3. The van der Waals surface area contributed by atoms with Gasteiger partial charge in [-0.1, -0.05) is 60.3 Å². The molecule has 12 heavy (non-hydrogen) atoms. The summed E-state index contributed by atoms with van der Waals surface area (Å²) in [5.41, 5.74) is 0.497. The summed E-state index contributed by atoms with van der Waals surface area (Å²) in [7, 11) is 0. The molecule has 0 aliphatic carbocycles. The fraction of sp³-hybridized carbons (Fsp3) is 0.917. The molecule has 0 saturated heterocycles. The minimum Gasteiger partial charge on any atom is -0.0654 e. The van der Waals surface area contributed by atoms with Crippen LogP contribution in [0.15, 0.2) is 0 Å². The molecule has 0 aliphatic heterocycles. The Bertz CT molecular complexity index is 103. The van der Waals surface area contributed by atoms with Gasteiger partial charge in [0, 0.05) is 0 Å². The van der Waals surface area contributed by atoms with E-state index < -0.39 is 0 Å². The van der Waals surface area contributed by atoms with Gasteiger partial charge >= 0.3 is 0 Å². The van der Waals surface area contributed by atoms with E-state index in [1.165, 1.54) is 25.7 Å². The second-order valence-corrected chi connectivity index (χ2v) is 4.64. The summed E-state index contributed by atoms with van der Waals surface area (Å²) in [6.07, 6.45) is 6.41. The van der Waals surface area contributed by atoms with Crippen molar-refractivity contribution in [3.63, 3.8) is 0 Å². The van der Waals surface area contributed by atoms with Crippen molar-refractivity contribution in [1.29, 1.82) is 0 Å². The van der Waals surface area contributed by atoms with Crippen LogP contribution in [0, 0.1) is 18.3 Å². The summed E-state index contributed by atoms with van der Waals surface area (Å²) in [4.78, 5) is 0. The molecule has 0 heteroatoms. The number of unbranched alkanes of at least 4 members (excludes halogenated alkanes) is 1. The van der Waals surface area contributed by atoms with Gasteiger partial charge in [0.05, 0.1) is 0 Å². The van der Waals surface area contributed by atoms with Crippen molar-refractivity contribution in [2.24, 2.45) is 11.3 Å². The average molecular weight is 169 g/mol. The minimum atomic E-state index is 0.497. The molecule has 0 bridgehead atoms. The van der Waals surface area contributed by atoms with E-state index in [1.54, 1.807) is 0 Å². The zero-order valence-corrected chi connectivity index (χ0v) is 9.32. The molecule has 0 fully saturated rings. The van der Waals surface area contributed by atoms with E-state index >= 15 is 0 Å². The third kappa shape index (κ3) is 4.13. The van der Waals surface area contributed by atoms with Crippen LogP contribution in [-0.2, 0) is 0 Å². The van der Waals surface area contributed by atoms with Crippen LogP contribution in [-0.4, -0.2) is 0 Å². The van der Waals surface area contributed by atoms with E-state index in [0.29, 0.717) is 5.41 Å². The molecule has 0 amide bonds. The molecule has 73 valence electrons. The van der Waals surface area contributed by atoms with Crippen LogP contribution >= 0.6 is 0 Å². The Morgan fingerprint density at radius 1 is 1.33 bits per heavy atom. The highest BCUT2D eigenvalue weighted by Gasteiger charge is 2.23. The third-order valence-electron chi connectivity index (χ3n) is 3.15. The zero-order valence-electron chi connectivity index (χ0n) is 9.32. The Morgan fingerprint density at radius 2 is 1.92 bits per heavy atom. The first-order valence-electron chi connectivity index (χ1n) is 5.33. The maximum absolute atomic E-state index is 3.93. The van der Waals surface area contributed by atoms with Gasteiger partial charge in [0.2, 0.25) is 0 Å². The van der Waals surface area contributed by atoms with E-state index in [-0.39, 0.29) is 0 Å². The molecule has 0 saturated carbocycles. The summed E-state index contributed by atoms with van der Waals surface area (Å²) >= 11 is 0. The van der Waals surface area contributed by atoms with Crippen molar-refractivity contribution in [2.45, 2.75) is 59.8 Å². The minimum absolute atomic E-state index is 0.497.